The second-order valence-corrected chi connectivity index (χ2v) is 7.28. The second-order valence-electron chi connectivity index (χ2n) is 6.40. The van der Waals surface area contributed by atoms with Crippen molar-refractivity contribution in [3.8, 4) is 11.5 Å². The summed E-state index contributed by atoms with van der Waals surface area (Å²) in [6.07, 6.45) is 0. The van der Waals surface area contributed by atoms with Crippen molar-refractivity contribution in [2.45, 2.75) is 6.92 Å². The molecule has 0 atom stereocenters. The van der Waals surface area contributed by atoms with Gasteiger partial charge in [0.2, 0.25) is 0 Å². The number of halogens is 2. The van der Waals surface area contributed by atoms with Crippen LogP contribution in [-0.2, 0) is 4.79 Å². The summed E-state index contributed by atoms with van der Waals surface area (Å²) in [6.45, 7) is 2.16. The minimum Gasteiger partial charge on any atom is -0.492 e. The van der Waals surface area contributed by atoms with Crippen molar-refractivity contribution >= 4 is 46.4 Å². The lowest BCUT2D eigenvalue weighted by Crippen LogP contribution is -2.20. The standard InChI is InChI=1S/C23H20Cl2N2O4/c1-2-30-21-6-4-3-5-20(21)27-23(29)15-7-9-19(10-8-15)31-14-22(28)26-18-12-16(24)11-17(25)13-18/h3-13H,2,14H2,1H3,(H,26,28)(H,27,29). The van der Waals surface area contributed by atoms with Gasteiger partial charge in [-0.3, -0.25) is 9.59 Å². The summed E-state index contributed by atoms with van der Waals surface area (Å²) in [5, 5.41) is 6.32. The molecule has 0 aromatic heterocycles. The molecule has 0 bridgehead atoms. The third kappa shape index (κ3) is 6.64. The van der Waals surface area contributed by atoms with Crippen molar-refractivity contribution in [1.29, 1.82) is 0 Å². The predicted molar refractivity (Wildman–Crippen MR) is 123 cm³/mol. The monoisotopic (exact) mass is 458 g/mol. The summed E-state index contributed by atoms with van der Waals surface area (Å²) >= 11 is 11.8. The molecule has 3 aromatic carbocycles. The van der Waals surface area contributed by atoms with Crippen molar-refractivity contribution in [2.24, 2.45) is 0 Å². The molecule has 0 fully saturated rings. The molecule has 31 heavy (non-hydrogen) atoms. The number of carbonyl (C=O) groups excluding carboxylic acids is 2. The number of hydrogen-bond donors (Lipinski definition) is 2. The van der Waals surface area contributed by atoms with Crippen LogP contribution < -0.4 is 20.1 Å². The van der Waals surface area contributed by atoms with Gasteiger partial charge in [-0.25, -0.2) is 0 Å². The number of benzene rings is 3. The third-order valence-electron chi connectivity index (χ3n) is 4.07. The molecule has 6 nitrogen and oxygen atoms in total. The van der Waals surface area contributed by atoms with E-state index in [0.717, 1.165) is 0 Å². The number of nitrogens with one attached hydrogen (secondary N) is 2. The number of hydrogen-bond acceptors (Lipinski definition) is 4. The molecule has 0 aliphatic rings. The van der Waals surface area contributed by atoms with Gasteiger partial charge in [-0.15, -0.1) is 0 Å². The second kappa shape index (κ2) is 10.7. The normalized spacial score (nSPS) is 10.3. The number of rotatable bonds is 8. The van der Waals surface area contributed by atoms with Crippen LogP contribution in [0.4, 0.5) is 11.4 Å². The third-order valence-corrected chi connectivity index (χ3v) is 4.50. The van der Waals surface area contributed by atoms with Gasteiger partial charge in [-0.2, -0.15) is 0 Å². The number of carbonyl (C=O) groups is 2. The van der Waals surface area contributed by atoms with Gasteiger partial charge in [0.05, 0.1) is 12.3 Å². The van der Waals surface area contributed by atoms with Gasteiger partial charge in [0.15, 0.2) is 6.61 Å². The van der Waals surface area contributed by atoms with Crippen LogP contribution in [0.25, 0.3) is 0 Å². The molecule has 0 aliphatic carbocycles. The summed E-state index contributed by atoms with van der Waals surface area (Å²) in [7, 11) is 0. The van der Waals surface area contributed by atoms with Crippen LogP contribution in [0.1, 0.15) is 17.3 Å². The summed E-state index contributed by atoms with van der Waals surface area (Å²) < 4.78 is 11.0. The maximum absolute atomic E-state index is 12.5. The van der Waals surface area contributed by atoms with Gasteiger partial charge in [-0.05, 0) is 61.5 Å². The predicted octanol–water partition coefficient (Wildman–Crippen LogP) is 5.66. The Labute approximate surface area is 190 Å². The van der Waals surface area contributed by atoms with E-state index in [9.17, 15) is 9.59 Å². The van der Waals surface area contributed by atoms with Crippen LogP contribution in [0.3, 0.4) is 0 Å². The Morgan fingerprint density at radius 2 is 1.55 bits per heavy atom. The molecule has 3 rings (SSSR count). The van der Waals surface area contributed by atoms with Crippen LogP contribution in [0.5, 0.6) is 11.5 Å². The maximum Gasteiger partial charge on any atom is 0.262 e. The highest BCUT2D eigenvalue weighted by Crippen LogP contribution is 2.25. The highest BCUT2D eigenvalue weighted by Gasteiger charge is 2.11. The molecule has 8 heteroatoms. The lowest BCUT2D eigenvalue weighted by molar-refractivity contribution is -0.118. The SMILES string of the molecule is CCOc1ccccc1NC(=O)c1ccc(OCC(=O)Nc2cc(Cl)cc(Cl)c2)cc1. The van der Waals surface area contributed by atoms with Gasteiger partial charge in [0, 0.05) is 21.3 Å². The van der Waals surface area contributed by atoms with Crippen LogP contribution >= 0.6 is 23.2 Å². The molecule has 2 N–H and O–H groups in total. The Morgan fingerprint density at radius 1 is 0.871 bits per heavy atom. The lowest BCUT2D eigenvalue weighted by atomic mass is 10.2. The first-order chi connectivity index (χ1) is 14.9. The molecule has 0 saturated carbocycles. The van der Waals surface area contributed by atoms with E-state index in [1.165, 1.54) is 0 Å². The zero-order chi connectivity index (χ0) is 22.2. The number of amides is 2. The van der Waals surface area contributed by atoms with Crippen molar-refractivity contribution in [3.63, 3.8) is 0 Å². The fourth-order valence-electron chi connectivity index (χ4n) is 2.72. The molecule has 3 aromatic rings. The molecular weight excluding hydrogens is 439 g/mol. The Kier molecular flexibility index (Phi) is 7.76. The van der Waals surface area contributed by atoms with Crippen LogP contribution in [0.2, 0.25) is 10.0 Å². The first-order valence-corrected chi connectivity index (χ1v) is 10.2. The number of ether oxygens (including phenoxy) is 2. The molecule has 0 unspecified atom stereocenters. The van der Waals surface area contributed by atoms with E-state index in [1.807, 2.05) is 19.1 Å². The van der Waals surface area contributed by atoms with E-state index < -0.39 is 0 Å². The zero-order valence-electron chi connectivity index (χ0n) is 16.7. The number of anilines is 2. The van der Waals surface area contributed by atoms with Crippen molar-refractivity contribution in [3.05, 3.63) is 82.3 Å². The topological polar surface area (TPSA) is 76.7 Å². The molecule has 0 aliphatic heterocycles. The smallest absolute Gasteiger partial charge is 0.262 e. The quantitative estimate of drug-likeness (QED) is 0.456. The molecule has 0 spiro atoms. The molecule has 160 valence electrons. The van der Waals surface area contributed by atoms with Gasteiger partial charge in [-0.1, -0.05) is 35.3 Å². The molecular formula is C23H20Cl2N2O4. The van der Waals surface area contributed by atoms with E-state index in [0.29, 0.717) is 45.1 Å². The van der Waals surface area contributed by atoms with Crippen LogP contribution in [0.15, 0.2) is 66.7 Å². The fourth-order valence-corrected chi connectivity index (χ4v) is 3.25. The van der Waals surface area contributed by atoms with Gasteiger partial charge < -0.3 is 20.1 Å². The van der Waals surface area contributed by atoms with E-state index in [-0.39, 0.29) is 18.4 Å². The van der Waals surface area contributed by atoms with Crippen LogP contribution in [-0.4, -0.2) is 25.0 Å². The first-order valence-electron chi connectivity index (χ1n) is 9.46. The van der Waals surface area contributed by atoms with Crippen LogP contribution in [0, 0.1) is 0 Å². The fraction of sp³-hybridized carbons (Fsp3) is 0.130. The average molecular weight is 459 g/mol. The van der Waals surface area contributed by atoms with Crippen molar-refractivity contribution in [2.75, 3.05) is 23.8 Å². The van der Waals surface area contributed by atoms with Crippen molar-refractivity contribution < 1.29 is 19.1 Å². The van der Waals surface area contributed by atoms with E-state index >= 15 is 0 Å². The zero-order valence-corrected chi connectivity index (χ0v) is 18.2. The van der Waals surface area contributed by atoms with Gasteiger partial charge in [0.1, 0.15) is 11.5 Å². The van der Waals surface area contributed by atoms with E-state index in [4.69, 9.17) is 32.7 Å². The maximum atomic E-state index is 12.5. The van der Waals surface area contributed by atoms with Gasteiger partial charge in [0.25, 0.3) is 11.8 Å². The summed E-state index contributed by atoms with van der Waals surface area (Å²) in [4.78, 5) is 24.6. The Bertz CT molecular complexity index is 1050. The van der Waals surface area contributed by atoms with E-state index in [1.54, 1.807) is 54.6 Å². The highest BCUT2D eigenvalue weighted by atomic mass is 35.5. The molecule has 0 heterocycles. The van der Waals surface area contributed by atoms with Gasteiger partial charge >= 0.3 is 0 Å². The number of para-hydroxylation sites is 2. The Balaban J connectivity index is 1.55. The molecule has 0 radical (unpaired) electrons. The highest BCUT2D eigenvalue weighted by molar-refractivity contribution is 6.35. The largest absolute Gasteiger partial charge is 0.492 e. The minimum absolute atomic E-state index is 0.211. The minimum atomic E-state index is -0.368. The summed E-state index contributed by atoms with van der Waals surface area (Å²) in [5.41, 5.74) is 1.51. The summed E-state index contributed by atoms with van der Waals surface area (Å²) in [6, 6.07) is 18.4. The van der Waals surface area contributed by atoms with Crippen molar-refractivity contribution in [1.82, 2.24) is 0 Å². The lowest BCUT2D eigenvalue weighted by Gasteiger charge is -2.12. The Hall–Kier alpha value is -3.22. The Morgan fingerprint density at radius 3 is 2.23 bits per heavy atom. The first kappa shape index (κ1) is 22.5. The average Bonchev–Trinajstić information content (AvgIpc) is 2.73. The summed E-state index contributed by atoms with van der Waals surface area (Å²) in [5.74, 6) is 0.401. The molecule has 0 saturated heterocycles. The molecule has 2 amide bonds. The van der Waals surface area contributed by atoms with E-state index in [2.05, 4.69) is 10.6 Å².